The molecule has 8 heteroatoms. The van der Waals surface area contributed by atoms with Crippen LogP contribution in [-0.4, -0.2) is 29.0 Å². The van der Waals surface area contributed by atoms with Crippen molar-refractivity contribution >= 4 is 17.6 Å². The Bertz CT molecular complexity index is 825. The second-order valence-corrected chi connectivity index (χ2v) is 5.29. The molecule has 0 aliphatic carbocycles. The van der Waals surface area contributed by atoms with Gasteiger partial charge >= 0.3 is 11.9 Å². The number of hydrogen-bond donors (Lipinski definition) is 1. The Labute approximate surface area is 143 Å². The number of H-pyrrole nitrogens is 1. The highest BCUT2D eigenvalue weighted by atomic mass is 16.6. The molecule has 1 N–H and O–H groups in total. The number of para-hydroxylation sites is 1. The summed E-state index contributed by atoms with van der Waals surface area (Å²) >= 11 is 0. The Morgan fingerprint density at radius 1 is 1.24 bits per heavy atom. The number of ether oxygens (including phenoxy) is 2. The number of aromatic nitrogens is 1. The summed E-state index contributed by atoms with van der Waals surface area (Å²) in [7, 11) is 1.26. The van der Waals surface area contributed by atoms with E-state index in [-0.39, 0.29) is 23.6 Å². The van der Waals surface area contributed by atoms with Gasteiger partial charge in [0.1, 0.15) is 12.3 Å². The molecule has 0 spiro atoms. The lowest BCUT2D eigenvalue weighted by Gasteiger charge is -2.05. The van der Waals surface area contributed by atoms with E-state index in [1.807, 2.05) is 6.92 Å². The lowest BCUT2D eigenvalue weighted by molar-refractivity contribution is -0.385. The van der Waals surface area contributed by atoms with Crippen LogP contribution in [-0.2, 0) is 22.5 Å². The summed E-state index contributed by atoms with van der Waals surface area (Å²) < 4.78 is 9.92. The predicted octanol–water partition coefficient (Wildman–Crippen LogP) is 2.94. The summed E-state index contributed by atoms with van der Waals surface area (Å²) in [5.74, 6) is -1.23. The first-order valence-corrected chi connectivity index (χ1v) is 7.59. The molecule has 0 saturated carbocycles. The molecule has 0 saturated heterocycles. The molecule has 2 rings (SSSR count). The van der Waals surface area contributed by atoms with E-state index in [1.165, 1.54) is 25.3 Å². The number of hydrogen-bond acceptors (Lipinski definition) is 6. The molecule has 0 aliphatic heterocycles. The summed E-state index contributed by atoms with van der Waals surface area (Å²) in [6, 6.07) is 6.02. The first-order chi connectivity index (χ1) is 11.9. The van der Waals surface area contributed by atoms with Gasteiger partial charge in [0.2, 0.25) is 0 Å². The minimum Gasteiger partial charge on any atom is -0.465 e. The van der Waals surface area contributed by atoms with Crippen molar-refractivity contribution in [2.45, 2.75) is 26.9 Å². The minimum absolute atomic E-state index is 0.122. The number of nitrogens with zero attached hydrogens (tertiary/aromatic N) is 1. The van der Waals surface area contributed by atoms with E-state index in [2.05, 4.69) is 4.98 Å². The molecule has 0 unspecified atom stereocenters. The third-order valence-corrected chi connectivity index (χ3v) is 3.82. The summed E-state index contributed by atoms with van der Waals surface area (Å²) in [6.07, 6.45) is 0.503. The second kappa shape index (κ2) is 7.61. The van der Waals surface area contributed by atoms with Crippen LogP contribution in [0.3, 0.4) is 0 Å². The lowest BCUT2D eigenvalue weighted by Crippen LogP contribution is -2.09. The summed E-state index contributed by atoms with van der Waals surface area (Å²) in [4.78, 5) is 37.6. The van der Waals surface area contributed by atoms with Gasteiger partial charge in [-0.1, -0.05) is 19.1 Å². The fourth-order valence-corrected chi connectivity index (χ4v) is 2.53. The average molecular weight is 346 g/mol. The van der Waals surface area contributed by atoms with E-state index in [4.69, 9.17) is 9.47 Å². The molecule has 132 valence electrons. The fraction of sp³-hybridized carbons (Fsp3) is 0.294. The van der Waals surface area contributed by atoms with E-state index < -0.39 is 16.9 Å². The molecule has 25 heavy (non-hydrogen) atoms. The Kier molecular flexibility index (Phi) is 5.53. The number of nitro benzene ring substituents is 1. The van der Waals surface area contributed by atoms with Crippen LogP contribution in [0.1, 0.15) is 44.6 Å². The van der Waals surface area contributed by atoms with Crippen LogP contribution in [0.5, 0.6) is 0 Å². The summed E-state index contributed by atoms with van der Waals surface area (Å²) in [5, 5.41) is 11.0. The van der Waals surface area contributed by atoms with E-state index >= 15 is 0 Å². The van der Waals surface area contributed by atoms with Crippen LogP contribution in [0.15, 0.2) is 24.3 Å². The second-order valence-electron chi connectivity index (χ2n) is 5.29. The van der Waals surface area contributed by atoms with Crippen molar-refractivity contribution in [3.8, 4) is 0 Å². The molecule has 0 amide bonds. The van der Waals surface area contributed by atoms with Gasteiger partial charge in [-0.25, -0.2) is 9.59 Å². The van der Waals surface area contributed by atoms with E-state index in [1.54, 1.807) is 13.0 Å². The van der Waals surface area contributed by atoms with Crippen molar-refractivity contribution < 1.29 is 24.0 Å². The van der Waals surface area contributed by atoms with E-state index in [0.717, 1.165) is 0 Å². The highest BCUT2D eigenvalue weighted by Gasteiger charge is 2.25. The van der Waals surface area contributed by atoms with Crippen molar-refractivity contribution in [3.63, 3.8) is 0 Å². The number of rotatable bonds is 6. The fourth-order valence-electron chi connectivity index (χ4n) is 2.53. The molecule has 0 bridgehead atoms. The van der Waals surface area contributed by atoms with Crippen LogP contribution in [0.2, 0.25) is 0 Å². The Morgan fingerprint density at radius 3 is 2.52 bits per heavy atom. The zero-order chi connectivity index (χ0) is 18.6. The zero-order valence-corrected chi connectivity index (χ0v) is 14.1. The highest BCUT2D eigenvalue weighted by molar-refractivity contribution is 5.98. The average Bonchev–Trinajstić information content (AvgIpc) is 2.95. The Morgan fingerprint density at radius 2 is 1.92 bits per heavy atom. The first-order valence-electron chi connectivity index (χ1n) is 7.59. The Balaban J connectivity index is 2.24. The number of nitro groups is 1. The van der Waals surface area contributed by atoms with Gasteiger partial charge in [0.25, 0.3) is 5.69 Å². The lowest BCUT2D eigenvalue weighted by atomic mass is 10.1. The topological polar surface area (TPSA) is 112 Å². The maximum Gasteiger partial charge on any atom is 0.355 e. The molecule has 0 atom stereocenters. The van der Waals surface area contributed by atoms with Crippen molar-refractivity contribution in [2.24, 2.45) is 0 Å². The van der Waals surface area contributed by atoms with Crippen LogP contribution < -0.4 is 0 Å². The number of aromatic amines is 1. The number of methoxy groups -OCH3 is 1. The number of benzene rings is 1. The van der Waals surface area contributed by atoms with Gasteiger partial charge < -0.3 is 14.5 Å². The van der Waals surface area contributed by atoms with Crippen LogP contribution in [0.4, 0.5) is 5.69 Å². The monoisotopic (exact) mass is 346 g/mol. The number of esters is 2. The number of nitrogens with one attached hydrogen (secondary N) is 1. The molecule has 0 radical (unpaired) electrons. The quantitative estimate of drug-likeness (QED) is 0.489. The minimum atomic E-state index is -0.694. The molecule has 0 fully saturated rings. The number of aryl methyl sites for hydroxylation is 1. The molecule has 1 aromatic carbocycles. The normalized spacial score (nSPS) is 10.4. The largest absolute Gasteiger partial charge is 0.465 e. The highest BCUT2D eigenvalue weighted by Crippen LogP contribution is 2.23. The molecule has 1 aromatic heterocycles. The first kappa shape index (κ1) is 18.2. The van der Waals surface area contributed by atoms with Crippen molar-refractivity contribution in [1.29, 1.82) is 0 Å². The third kappa shape index (κ3) is 3.68. The zero-order valence-electron chi connectivity index (χ0n) is 14.1. The van der Waals surface area contributed by atoms with E-state index in [9.17, 15) is 19.7 Å². The molecular formula is C17H18N2O6. The van der Waals surface area contributed by atoms with Gasteiger partial charge in [-0.05, 0) is 25.0 Å². The molecule has 1 heterocycles. The smallest absolute Gasteiger partial charge is 0.355 e. The predicted molar refractivity (Wildman–Crippen MR) is 88.5 cm³/mol. The van der Waals surface area contributed by atoms with Crippen molar-refractivity contribution in [1.82, 2.24) is 4.98 Å². The molecule has 0 aliphatic rings. The van der Waals surface area contributed by atoms with Gasteiger partial charge in [-0.3, -0.25) is 10.1 Å². The van der Waals surface area contributed by atoms with Crippen LogP contribution >= 0.6 is 0 Å². The van der Waals surface area contributed by atoms with Crippen LogP contribution in [0.25, 0.3) is 0 Å². The maximum atomic E-state index is 12.3. The number of carbonyl (C=O) groups excluding carboxylic acids is 2. The van der Waals surface area contributed by atoms with Gasteiger partial charge in [0.15, 0.2) is 0 Å². The summed E-state index contributed by atoms with van der Waals surface area (Å²) in [6.45, 7) is 3.20. The molecule has 2 aromatic rings. The number of carbonyl (C=O) groups is 2. The van der Waals surface area contributed by atoms with Crippen molar-refractivity contribution in [3.05, 3.63) is 62.5 Å². The standard InChI is InChI=1S/C17H18N2O6/c1-4-12-14(16(20)24-3)10(2)15(18-12)17(21)25-9-11-7-5-6-8-13(11)19(22)23/h5-8,18H,4,9H2,1-3H3. The third-order valence-electron chi connectivity index (χ3n) is 3.82. The van der Waals surface area contributed by atoms with Gasteiger partial charge in [-0.15, -0.1) is 0 Å². The summed E-state index contributed by atoms with van der Waals surface area (Å²) in [5.41, 5.74) is 1.61. The van der Waals surface area contributed by atoms with Gasteiger partial charge in [0, 0.05) is 11.8 Å². The van der Waals surface area contributed by atoms with Gasteiger partial charge in [-0.2, -0.15) is 0 Å². The Hall–Kier alpha value is -3.16. The SMILES string of the molecule is CCc1[nH]c(C(=O)OCc2ccccc2[N+](=O)[O-])c(C)c1C(=O)OC. The molecular weight excluding hydrogens is 328 g/mol. The van der Waals surface area contributed by atoms with Crippen LogP contribution in [0, 0.1) is 17.0 Å². The van der Waals surface area contributed by atoms with Gasteiger partial charge in [0.05, 0.1) is 23.2 Å². The van der Waals surface area contributed by atoms with E-state index in [0.29, 0.717) is 23.2 Å². The molecule has 8 nitrogen and oxygen atoms in total. The maximum absolute atomic E-state index is 12.3. The van der Waals surface area contributed by atoms with Crippen molar-refractivity contribution in [2.75, 3.05) is 7.11 Å².